The van der Waals surface area contributed by atoms with E-state index < -0.39 is 23.3 Å². The topological polar surface area (TPSA) is 97.6 Å². The number of hydrogen-bond acceptors (Lipinski definition) is 8. The SMILES string of the molecule is CCCC(CC(C)CC)Nc1nc2cnc(C(O)C(C)(C)O)cc2nc1N1CCN(Cc2cc(F)ccc2F)CC1. The molecule has 10 heteroatoms. The van der Waals surface area contributed by atoms with Gasteiger partial charge >= 0.3 is 0 Å². The molecule has 8 nitrogen and oxygen atoms in total. The number of piperazine rings is 1. The van der Waals surface area contributed by atoms with Crippen molar-refractivity contribution in [2.45, 2.75) is 84.6 Å². The van der Waals surface area contributed by atoms with Gasteiger partial charge in [0.05, 0.1) is 23.0 Å². The summed E-state index contributed by atoms with van der Waals surface area (Å²) in [5.74, 6) is 1.14. The average Bonchev–Trinajstić information content (AvgIpc) is 2.94. The lowest BCUT2D eigenvalue weighted by molar-refractivity contribution is -0.0516. The van der Waals surface area contributed by atoms with Gasteiger partial charge in [-0.2, -0.15) is 0 Å². The maximum atomic E-state index is 14.3. The van der Waals surface area contributed by atoms with Gasteiger partial charge in [0, 0.05) is 44.3 Å². The normalized spacial score (nSPS) is 17.0. The molecule has 1 aliphatic rings. The molecule has 1 aromatic carbocycles. The van der Waals surface area contributed by atoms with Crippen molar-refractivity contribution in [3.63, 3.8) is 0 Å². The first-order chi connectivity index (χ1) is 19.5. The van der Waals surface area contributed by atoms with Crippen molar-refractivity contribution < 1.29 is 19.0 Å². The zero-order valence-corrected chi connectivity index (χ0v) is 24.9. The lowest BCUT2D eigenvalue weighted by Gasteiger charge is -2.36. The molecule has 1 fully saturated rings. The van der Waals surface area contributed by atoms with Crippen molar-refractivity contribution in [2.24, 2.45) is 5.92 Å². The smallest absolute Gasteiger partial charge is 0.172 e. The van der Waals surface area contributed by atoms with E-state index in [1.807, 2.05) is 0 Å². The minimum Gasteiger partial charge on any atom is -0.387 e. The molecule has 0 aliphatic carbocycles. The summed E-state index contributed by atoms with van der Waals surface area (Å²) in [5, 5.41) is 24.6. The van der Waals surface area contributed by atoms with Crippen LogP contribution >= 0.6 is 0 Å². The number of aliphatic hydroxyl groups excluding tert-OH is 1. The predicted octanol–water partition coefficient (Wildman–Crippen LogP) is 5.45. The molecule has 3 unspecified atom stereocenters. The molecule has 0 spiro atoms. The fraction of sp³-hybridized carbons (Fsp3) is 0.581. The van der Waals surface area contributed by atoms with Crippen LogP contribution in [-0.4, -0.2) is 67.9 Å². The van der Waals surface area contributed by atoms with E-state index in [1.165, 1.54) is 26.0 Å². The molecule has 4 rings (SSSR count). The molecule has 0 amide bonds. The van der Waals surface area contributed by atoms with Crippen LogP contribution in [0.3, 0.4) is 0 Å². The summed E-state index contributed by atoms with van der Waals surface area (Å²) in [6.45, 7) is 12.6. The molecule has 3 N–H and O–H groups in total. The number of aliphatic hydroxyl groups is 2. The van der Waals surface area contributed by atoms with Crippen LogP contribution in [0.4, 0.5) is 20.4 Å². The number of benzene rings is 1. The molecule has 0 radical (unpaired) electrons. The second kappa shape index (κ2) is 13.4. The lowest BCUT2D eigenvalue weighted by Crippen LogP contribution is -2.46. The molecule has 1 aliphatic heterocycles. The zero-order valence-electron chi connectivity index (χ0n) is 24.9. The molecule has 3 heterocycles. The minimum absolute atomic E-state index is 0.238. The Morgan fingerprint density at radius 2 is 1.78 bits per heavy atom. The Hall–Kier alpha value is -2.95. The Kier molecular flexibility index (Phi) is 10.1. The molecule has 0 bridgehead atoms. The summed E-state index contributed by atoms with van der Waals surface area (Å²) in [6, 6.07) is 5.50. The van der Waals surface area contributed by atoms with Crippen molar-refractivity contribution in [2.75, 3.05) is 36.4 Å². The van der Waals surface area contributed by atoms with Crippen LogP contribution in [0.25, 0.3) is 11.0 Å². The number of rotatable bonds is 12. The van der Waals surface area contributed by atoms with Gasteiger partial charge in [0.25, 0.3) is 0 Å². The van der Waals surface area contributed by atoms with Gasteiger partial charge in [-0.05, 0) is 56.9 Å². The molecule has 3 atom stereocenters. The van der Waals surface area contributed by atoms with Gasteiger partial charge in [0.2, 0.25) is 0 Å². The van der Waals surface area contributed by atoms with Crippen molar-refractivity contribution in [1.82, 2.24) is 19.9 Å². The monoisotopic (exact) mass is 570 g/mol. The first kappa shape index (κ1) is 31.0. The molecule has 2 aromatic heterocycles. The van der Waals surface area contributed by atoms with Crippen molar-refractivity contribution in [3.8, 4) is 0 Å². The number of fused-ring (bicyclic) bond motifs is 1. The first-order valence-corrected chi connectivity index (χ1v) is 14.7. The standard InChI is InChI=1S/C31H44F2N6O2/c1-6-8-23(15-20(3)7-2)35-29-30(37-25-17-26(28(40)31(4,5)41)34-18-27(25)36-29)39-13-11-38(12-14-39)19-21-16-22(32)9-10-24(21)33/h9-10,16-18,20,23,28,40-41H,6-8,11-15,19H2,1-5H3,(H,35,36). The fourth-order valence-electron chi connectivity index (χ4n) is 5.26. The van der Waals surface area contributed by atoms with Gasteiger partial charge in [0.15, 0.2) is 11.6 Å². The zero-order chi connectivity index (χ0) is 29.7. The van der Waals surface area contributed by atoms with Crippen molar-refractivity contribution >= 4 is 22.7 Å². The Balaban J connectivity index is 1.63. The summed E-state index contributed by atoms with van der Waals surface area (Å²) in [7, 11) is 0. The molecule has 41 heavy (non-hydrogen) atoms. The Labute approximate surface area is 241 Å². The number of aromatic nitrogens is 3. The molecular formula is C31H44F2N6O2. The predicted molar refractivity (Wildman–Crippen MR) is 159 cm³/mol. The largest absolute Gasteiger partial charge is 0.387 e. The van der Waals surface area contributed by atoms with E-state index in [4.69, 9.17) is 9.97 Å². The number of nitrogens with zero attached hydrogens (tertiary/aromatic N) is 5. The van der Waals surface area contributed by atoms with Gasteiger partial charge in [-0.25, -0.2) is 18.7 Å². The highest BCUT2D eigenvalue weighted by Crippen LogP contribution is 2.31. The maximum Gasteiger partial charge on any atom is 0.172 e. The number of nitrogens with one attached hydrogen (secondary N) is 1. The number of anilines is 2. The average molecular weight is 571 g/mol. The maximum absolute atomic E-state index is 14.3. The van der Waals surface area contributed by atoms with Crippen molar-refractivity contribution in [1.29, 1.82) is 0 Å². The third-order valence-corrected chi connectivity index (χ3v) is 7.94. The minimum atomic E-state index is -1.36. The van der Waals surface area contributed by atoms with Gasteiger partial charge in [-0.3, -0.25) is 9.88 Å². The molecule has 224 valence electrons. The molecule has 0 saturated carbocycles. The summed E-state index contributed by atoms with van der Waals surface area (Å²) >= 11 is 0. The van der Waals surface area contributed by atoms with E-state index in [-0.39, 0.29) is 6.04 Å². The first-order valence-electron chi connectivity index (χ1n) is 14.7. The quantitative estimate of drug-likeness (QED) is 0.265. The van der Waals surface area contributed by atoms with Gasteiger partial charge in [-0.1, -0.05) is 33.6 Å². The Bertz CT molecular complexity index is 1310. The van der Waals surface area contributed by atoms with Crippen LogP contribution < -0.4 is 10.2 Å². The van der Waals surface area contributed by atoms with Crippen LogP contribution in [0.15, 0.2) is 30.5 Å². The Morgan fingerprint density at radius 3 is 2.44 bits per heavy atom. The highest BCUT2D eigenvalue weighted by atomic mass is 19.1. The van der Waals surface area contributed by atoms with Crippen LogP contribution in [-0.2, 0) is 6.54 Å². The molecule has 3 aromatic rings. The van der Waals surface area contributed by atoms with E-state index in [2.05, 4.69) is 40.9 Å². The summed E-state index contributed by atoms with van der Waals surface area (Å²) < 4.78 is 28.0. The van der Waals surface area contributed by atoms with Gasteiger partial charge < -0.3 is 20.4 Å². The third kappa shape index (κ3) is 7.87. The van der Waals surface area contributed by atoms with Crippen LogP contribution in [0.1, 0.15) is 77.7 Å². The van der Waals surface area contributed by atoms with E-state index in [0.29, 0.717) is 72.6 Å². The molecule has 1 saturated heterocycles. The second-order valence-corrected chi connectivity index (χ2v) is 11.9. The van der Waals surface area contributed by atoms with Crippen molar-refractivity contribution in [3.05, 3.63) is 53.4 Å². The number of pyridine rings is 1. The lowest BCUT2D eigenvalue weighted by atomic mass is 9.96. The van der Waals surface area contributed by atoms with Crippen LogP contribution in [0.5, 0.6) is 0 Å². The van der Waals surface area contributed by atoms with E-state index in [1.54, 1.807) is 12.3 Å². The van der Waals surface area contributed by atoms with Gasteiger partial charge in [0.1, 0.15) is 23.3 Å². The number of hydrogen-bond donors (Lipinski definition) is 3. The van der Waals surface area contributed by atoms with E-state index >= 15 is 0 Å². The van der Waals surface area contributed by atoms with E-state index in [9.17, 15) is 19.0 Å². The summed E-state index contributed by atoms with van der Waals surface area (Å²) in [6.07, 6.45) is 4.58. The van der Waals surface area contributed by atoms with Crippen LogP contribution in [0.2, 0.25) is 0 Å². The fourth-order valence-corrected chi connectivity index (χ4v) is 5.26. The van der Waals surface area contributed by atoms with Crippen LogP contribution in [0, 0.1) is 17.6 Å². The van der Waals surface area contributed by atoms with E-state index in [0.717, 1.165) is 31.7 Å². The highest BCUT2D eigenvalue weighted by Gasteiger charge is 2.29. The molecular weight excluding hydrogens is 526 g/mol. The Morgan fingerprint density at radius 1 is 1.05 bits per heavy atom. The summed E-state index contributed by atoms with van der Waals surface area (Å²) in [4.78, 5) is 18.6. The number of halogens is 2. The second-order valence-electron chi connectivity index (χ2n) is 11.9. The summed E-state index contributed by atoms with van der Waals surface area (Å²) in [5.41, 5.74) is 0.496. The third-order valence-electron chi connectivity index (χ3n) is 7.94. The highest BCUT2D eigenvalue weighted by molar-refractivity contribution is 5.80. The van der Waals surface area contributed by atoms with Gasteiger partial charge in [-0.15, -0.1) is 0 Å².